The Balaban J connectivity index is 1.23. The second-order valence-electron chi connectivity index (χ2n) is 9.85. The Morgan fingerprint density at radius 3 is 2.17 bits per heavy atom. The fraction of sp³-hybridized carbons (Fsp3) is 0.444. The molecule has 2 atom stereocenters. The number of amides is 2. The molecule has 0 bridgehead atoms. The lowest BCUT2D eigenvalue weighted by molar-refractivity contribution is -0.183. The van der Waals surface area contributed by atoms with Crippen molar-refractivity contribution >= 4 is 18.0 Å². The number of ether oxygens (including phenoxy) is 1. The maximum atomic E-state index is 13.1. The molecule has 1 heterocycles. The summed E-state index contributed by atoms with van der Waals surface area (Å²) in [4.78, 5) is 38.5. The van der Waals surface area contributed by atoms with E-state index in [0.29, 0.717) is 12.8 Å². The van der Waals surface area contributed by atoms with Crippen LogP contribution in [0.2, 0.25) is 0 Å². The van der Waals surface area contributed by atoms with Crippen LogP contribution in [0.5, 0.6) is 0 Å². The van der Waals surface area contributed by atoms with Gasteiger partial charge in [0.05, 0.1) is 19.0 Å². The number of carboxylic acids is 1. The first-order valence-corrected chi connectivity index (χ1v) is 12.2. The van der Waals surface area contributed by atoms with Crippen LogP contribution in [0.15, 0.2) is 48.5 Å². The Morgan fingerprint density at radius 1 is 0.943 bits per heavy atom. The van der Waals surface area contributed by atoms with E-state index in [1.165, 1.54) is 4.90 Å². The zero-order chi connectivity index (χ0) is 24.6. The molecule has 3 N–H and O–H groups in total. The van der Waals surface area contributed by atoms with Gasteiger partial charge in [-0.1, -0.05) is 67.8 Å². The van der Waals surface area contributed by atoms with E-state index >= 15 is 0 Å². The van der Waals surface area contributed by atoms with Crippen molar-refractivity contribution in [3.8, 4) is 11.1 Å². The lowest BCUT2D eigenvalue weighted by Crippen LogP contribution is -2.69. The molecule has 184 valence electrons. The monoisotopic (exact) mass is 478 g/mol. The van der Waals surface area contributed by atoms with E-state index in [2.05, 4.69) is 29.6 Å². The van der Waals surface area contributed by atoms with Gasteiger partial charge in [0.1, 0.15) is 6.61 Å². The summed E-state index contributed by atoms with van der Waals surface area (Å²) in [7, 11) is 0. The number of fused-ring (bicyclic) bond motifs is 3. The number of likely N-dealkylation sites (tertiary alicyclic amines) is 1. The van der Waals surface area contributed by atoms with Crippen LogP contribution >= 0.6 is 0 Å². The van der Waals surface area contributed by atoms with Gasteiger partial charge in [0, 0.05) is 12.0 Å². The van der Waals surface area contributed by atoms with E-state index in [9.17, 15) is 19.5 Å². The molecular formula is C27H30N2O6. The minimum Gasteiger partial charge on any atom is -0.479 e. The quantitative estimate of drug-likeness (QED) is 0.569. The predicted octanol–water partition coefficient (Wildman–Crippen LogP) is 3.13. The first-order valence-electron chi connectivity index (χ1n) is 12.2. The summed E-state index contributed by atoms with van der Waals surface area (Å²) in [6.45, 7) is -0.256. The number of hydrogen-bond donors (Lipinski definition) is 3. The molecule has 2 amide bonds. The summed E-state index contributed by atoms with van der Waals surface area (Å²) in [5.41, 5.74) is 2.70. The summed E-state index contributed by atoms with van der Waals surface area (Å²) in [6, 6.07) is 15.9. The third-order valence-electron chi connectivity index (χ3n) is 7.59. The van der Waals surface area contributed by atoms with Gasteiger partial charge in [-0.25, -0.2) is 9.59 Å². The minimum absolute atomic E-state index is 0.0468. The van der Waals surface area contributed by atoms with Crippen molar-refractivity contribution < 1.29 is 29.3 Å². The fourth-order valence-electron chi connectivity index (χ4n) is 5.68. The van der Waals surface area contributed by atoms with E-state index in [-0.39, 0.29) is 37.6 Å². The standard InChI is InChI=1S/C27H30N2O6/c30-24(29-15-27(34,16-29)25(31)32)21-12-2-1-3-13-23(21)28-26(33)35-14-22-19-10-6-4-8-17(19)18-9-5-7-11-20(18)22/h4-11,21-23,34H,1-3,12-16H2,(H,28,33)(H,31,32)/t21-,23+/m0/s1. The van der Waals surface area contributed by atoms with Gasteiger partial charge in [-0.15, -0.1) is 0 Å². The topological polar surface area (TPSA) is 116 Å². The molecule has 3 aliphatic rings. The molecule has 1 saturated carbocycles. The Labute approximate surface area is 203 Å². The van der Waals surface area contributed by atoms with Crippen molar-refractivity contribution in [1.82, 2.24) is 10.2 Å². The number of nitrogens with zero attached hydrogens (tertiary/aromatic N) is 1. The average Bonchev–Trinajstić information content (AvgIpc) is 2.96. The summed E-state index contributed by atoms with van der Waals surface area (Å²) in [5, 5.41) is 22.1. The number of alkyl carbamates (subject to hydrolysis) is 1. The molecule has 2 fully saturated rings. The molecule has 2 aromatic carbocycles. The minimum atomic E-state index is -1.88. The molecule has 2 aliphatic carbocycles. The molecule has 1 aliphatic heterocycles. The highest BCUT2D eigenvalue weighted by Gasteiger charge is 2.51. The van der Waals surface area contributed by atoms with Gasteiger partial charge in [-0.3, -0.25) is 4.79 Å². The molecule has 35 heavy (non-hydrogen) atoms. The van der Waals surface area contributed by atoms with Crippen LogP contribution in [0.3, 0.4) is 0 Å². The Bertz CT molecular complexity index is 1100. The number of rotatable bonds is 5. The van der Waals surface area contributed by atoms with Crippen molar-refractivity contribution in [2.24, 2.45) is 5.92 Å². The molecule has 0 unspecified atom stereocenters. The average molecular weight is 479 g/mol. The molecule has 0 radical (unpaired) electrons. The lowest BCUT2D eigenvalue weighted by Gasteiger charge is -2.45. The molecule has 1 saturated heterocycles. The molecular weight excluding hydrogens is 448 g/mol. The molecule has 8 nitrogen and oxygen atoms in total. The van der Waals surface area contributed by atoms with Crippen LogP contribution in [-0.2, 0) is 14.3 Å². The number of carbonyl (C=O) groups excluding carboxylic acids is 2. The third kappa shape index (κ3) is 4.38. The summed E-state index contributed by atoms with van der Waals surface area (Å²) < 4.78 is 5.68. The van der Waals surface area contributed by atoms with Crippen molar-refractivity contribution in [3.63, 3.8) is 0 Å². The van der Waals surface area contributed by atoms with E-state index in [0.717, 1.165) is 41.5 Å². The van der Waals surface area contributed by atoms with Gasteiger partial charge in [-0.2, -0.15) is 0 Å². The number of aliphatic carboxylic acids is 1. The normalized spacial score (nSPS) is 22.8. The molecule has 8 heteroatoms. The highest BCUT2D eigenvalue weighted by molar-refractivity contribution is 5.87. The number of aliphatic hydroxyl groups is 1. The largest absolute Gasteiger partial charge is 0.479 e. The number of carbonyl (C=O) groups is 3. The smallest absolute Gasteiger partial charge is 0.407 e. The summed E-state index contributed by atoms with van der Waals surface area (Å²) in [6.07, 6.45) is 3.41. The van der Waals surface area contributed by atoms with Crippen LogP contribution in [0.1, 0.15) is 49.1 Å². The zero-order valence-corrected chi connectivity index (χ0v) is 19.5. The first kappa shape index (κ1) is 23.4. The maximum absolute atomic E-state index is 13.1. The Hall–Kier alpha value is -3.39. The van der Waals surface area contributed by atoms with Crippen molar-refractivity contribution in [3.05, 3.63) is 59.7 Å². The van der Waals surface area contributed by atoms with Crippen LogP contribution in [0, 0.1) is 5.92 Å². The van der Waals surface area contributed by atoms with Crippen LogP contribution < -0.4 is 5.32 Å². The fourth-order valence-corrected chi connectivity index (χ4v) is 5.68. The highest BCUT2D eigenvalue weighted by Crippen LogP contribution is 2.44. The van der Waals surface area contributed by atoms with Gasteiger partial charge < -0.3 is 25.2 Å². The van der Waals surface area contributed by atoms with Gasteiger partial charge in [0.2, 0.25) is 5.91 Å². The molecule has 0 spiro atoms. The second-order valence-corrected chi connectivity index (χ2v) is 9.85. The van der Waals surface area contributed by atoms with Gasteiger partial charge in [0.25, 0.3) is 0 Å². The van der Waals surface area contributed by atoms with Crippen molar-refractivity contribution in [2.45, 2.75) is 49.7 Å². The van der Waals surface area contributed by atoms with Gasteiger partial charge in [0.15, 0.2) is 5.60 Å². The number of nitrogens with one attached hydrogen (secondary N) is 1. The van der Waals surface area contributed by atoms with Crippen molar-refractivity contribution in [1.29, 1.82) is 0 Å². The van der Waals surface area contributed by atoms with Gasteiger partial charge in [-0.05, 0) is 35.1 Å². The van der Waals surface area contributed by atoms with E-state index in [4.69, 9.17) is 9.84 Å². The predicted molar refractivity (Wildman–Crippen MR) is 128 cm³/mol. The Kier molecular flexibility index (Phi) is 6.23. The van der Waals surface area contributed by atoms with Crippen LogP contribution in [-0.4, -0.2) is 64.4 Å². The van der Waals surface area contributed by atoms with Crippen LogP contribution in [0.25, 0.3) is 11.1 Å². The second kappa shape index (κ2) is 9.34. The summed E-state index contributed by atoms with van der Waals surface area (Å²) >= 11 is 0. The maximum Gasteiger partial charge on any atom is 0.407 e. The number of hydrogen-bond acceptors (Lipinski definition) is 5. The molecule has 5 rings (SSSR count). The van der Waals surface area contributed by atoms with Gasteiger partial charge >= 0.3 is 12.1 Å². The number of carboxylic acid groups (broad SMARTS) is 1. The van der Waals surface area contributed by atoms with Crippen molar-refractivity contribution in [2.75, 3.05) is 19.7 Å². The first-order chi connectivity index (χ1) is 16.9. The van der Waals surface area contributed by atoms with E-state index < -0.39 is 23.6 Å². The third-order valence-corrected chi connectivity index (χ3v) is 7.59. The highest BCUT2D eigenvalue weighted by atomic mass is 16.5. The Morgan fingerprint density at radius 2 is 1.54 bits per heavy atom. The van der Waals surface area contributed by atoms with Crippen LogP contribution in [0.4, 0.5) is 4.79 Å². The SMILES string of the molecule is O=C(N[C@@H]1CCCCC[C@@H]1C(=O)N1CC(O)(C(=O)O)C1)OCC1c2ccccc2-c2ccccc21. The van der Waals surface area contributed by atoms with E-state index in [1.807, 2.05) is 24.3 Å². The van der Waals surface area contributed by atoms with E-state index in [1.54, 1.807) is 0 Å². The zero-order valence-electron chi connectivity index (χ0n) is 19.5. The lowest BCUT2D eigenvalue weighted by atomic mass is 9.88. The summed E-state index contributed by atoms with van der Waals surface area (Å²) in [5.74, 6) is -2.05. The number of benzene rings is 2. The molecule has 0 aromatic heterocycles. The molecule has 2 aromatic rings. The number of β-amino-alcohol motifs (C(OH)–C–C–N with tert-alkyl or cyclic N) is 1.